The fourth-order valence-electron chi connectivity index (χ4n) is 4.26. The van der Waals surface area contributed by atoms with E-state index in [0.29, 0.717) is 5.91 Å². The Morgan fingerprint density at radius 1 is 1.04 bits per heavy atom. The third-order valence-electron chi connectivity index (χ3n) is 5.62. The number of carbonyl (C=O) groups excluding carboxylic acids is 2. The summed E-state index contributed by atoms with van der Waals surface area (Å²) in [6.45, 7) is 8.43. The van der Waals surface area contributed by atoms with E-state index in [0.717, 1.165) is 51.1 Å². The van der Waals surface area contributed by atoms with Gasteiger partial charge in [0, 0.05) is 36.7 Å². The molecule has 0 unspecified atom stereocenters. The van der Waals surface area contributed by atoms with Crippen molar-refractivity contribution < 1.29 is 9.59 Å². The van der Waals surface area contributed by atoms with Crippen LogP contribution < -0.4 is 0 Å². The molecule has 0 aromatic carbocycles. The van der Waals surface area contributed by atoms with Crippen molar-refractivity contribution in [1.82, 2.24) is 9.80 Å². The highest BCUT2D eigenvalue weighted by Gasteiger charge is 2.48. The fraction of sp³-hybridized carbons (Fsp3) is 0.889. The zero-order valence-corrected chi connectivity index (χ0v) is 15.6. The third kappa shape index (κ3) is 3.26. The van der Waals surface area contributed by atoms with Crippen LogP contribution >= 0.6 is 11.8 Å². The average molecular weight is 339 g/mol. The molecule has 0 bridgehead atoms. The average Bonchev–Trinajstić information content (AvgIpc) is 3.16. The van der Waals surface area contributed by atoms with Crippen LogP contribution in [0.25, 0.3) is 0 Å². The first-order valence-corrected chi connectivity index (χ1v) is 10.1. The summed E-state index contributed by atoms with van der Waals surface area (Å²) in [7, 11) is 0. The zero-order valence-electron chi connectivity index (χ0n) is 14.8. The van der Waals surface area contributed by atoms with Crippen LogP contribution in [0.1, 0.15) is 59.3 Å². The lowest BCUT2D eigenvalue weighted by Gasteiger charge is -2.45. The normalized spacial score (nSPS) is 25.3. The highest BCUT2D eigenvalue weighted by Crippen LogP contribution is 2.45. The summed E-state index contributed by atoms with van der Waals surface area (Å²) >= 11 is 1.95. The molecule has 130 valence electrons. The number of thioether (sulfide) groups is 1. The fourth-order valence-corrected chi connectivity index (χ4v) is 5.72. The lowest BCUT2D eigenvalue weighted by Crippen LogP contribution is -2.55. The summed E-state index contributed by atoms with van der Waals surface area (Å²) in [5, 5.41) is 0. The maximum absolute atomic E-state index is 12.9. The molecule has 3 rings (SSSR count). The van der Waals surface area contributed by atoms with Gasteiger partial charge in [0.25, 0.3) is 0 Å². The molecule has 4 nitrogen and oxygen atoms in total. The van der Waals surface area contributed by atoms with E-state index in [2.05, 4.69) is 4.90 Å². The van der Waals surface area contributed by atoms with Gasteiger partial charge >= 0.3 is 0 Å². The van der Waals surface area contributed by atoms with E-state index in [1.54, 1.807) is 0 Å². The van der Waals surface area contributed by atoms with Crippen molar-refractivity contribution in [2.45, 2.75) is 64.2 Å². The van der Waals surface area contributed by atoms with Crippen molar-refractivity contribution in [3.05, 3.63) is 0 Å². The number of hydrogen-bond donors (Lipinski definition) is 0. The van der Waals surface area contributed by atoms with Crippen molar-refractivity contribution in [2.24, 2.45) is 11.3 Å². The van der Waals surface area contributed by atoms with Crippen LogP contribution in [0.15, 0.2) is 0 Å². The van der Waals surface area contributed by atoms with Gasteiger partial charge in [0.2, 0.25) is 11.8 Å². The molecule has 2 saturated heterocycles. The van der Waals surface area contributed by atoms with Gasteiger partial charge in [-0.25, -0.2) is 0 Å². The van der Waals surface area contributed by atoms with Gasteiger partial charge in [0.05, 0.1) is 4.87 Å². The van der Waals surface area contributed by atoms with Gasteiger partial charge in [-0.1, -0.05) is 33.6 Å². The molecule has 0 atom stereocenters. The molecule has 2 amide bonds. The van der Waals surface area contributed by atoms with Crippen molar-refractivity contribution in [3.63, 3.8) is 0 Å². The van der Waals surface area contributed by atoms with Crippen LogP contribution in [0.5, 0.6) is 0 Å². The predicted molar refractivity (Wildman–Crippen MR) is 94.1 cm³/mol. The molecule has 0 N–H and O–H groups in total. The quantitative estimate of drug-likeness (QED) is 0.737. The highest BCUT2D eigenvalue weighted by molar-refractivity contribution is 8.00. The summed E-state index contributed by atoms with van der Waals surface area (Å²) in [4.78, 5) is 29.6. The van der Waals surface area contributed by atoms with Crippen molar-refractivity contribution in [1.29, 1.82) is 0 Å². The number of piperidine rings is 1. The monoisotopic (exact) mass is 338 g/mol. The Labute approximate surface area is 144 Å². The van der Waals surface area contributed by atoms with Crippen LogP contribution in [-0.2, 0) is 9.59 Å². The number of hydrogen-bond acceptors (Lipinski definition) is 3. The molecule has 23 heavy (non-hydrogen) atoms. The molecule has 2 heterocycles. The molecule has 2 aliphatic heterocycles. The van der Waals surface area contributed by atoms with Gasteiger partial charge in [0.15, 0.2) is 0 Å². The number of amides is 2. The van der Waals surface area contributed by atoms with Crippen LogP contribution in [-0.4, -0.2) is 51.9 Å². The lowest BCUT2D eigenvalue weighted by molar-refractivity contribution is -0.143. The molecule has 3 fully saturated rings. The van der Waals surface area contributed by atoms with Crippen LogP contribution in [0, 0.1) is 11.3 Å². The van der Waals surface area contributed by atoms with E-state index >= 15 is 0 Å². The molecular weight excluding hydrogens is 308 g/mol. The van der Waals surface area contributed by atoms with Gasteiger partial charge in [-0.2, -0.15) is 0 Å². The molecule has 1 saturated carbocycles. The summed E-state index contributed by atoms with van der Waals surface area (Å²) in [5.74, 6) is 1.94. The van der Waals surface area contributed by atoms with Gasteiger partial charge in [0.1, 0.15) is 0 Å². The minimum absolute atomic E-state index is 0.0334. The number of nitrogens with zero attached hydrogens (tertiary/aromatic N) is 2. The van der Waals surface area contributed by atoms with Gasteiger partial charge in [-0.3, -0.25) is 9.59 Å². The van der Waals surface area contributed by atoms with Crippen molar-refractivity contribution >= 4 is 23.6 Å². The Balaban J connectivity index is 1.66. The summed E-state index contributed by atoms with van der Waals surface area (Å²) in [6.07, 6.45) is 6.42. The van der Waals surface area contributed by atoms with E-state index in [1.165, 1.54) is 12.8 Å². The smallest absolute Gasteiger partial charge is 0.227 e. The number of carbonyl (C=O) groups is 2. The first-order chi connectivity index (χ1) is 10.8. The second kappa shape index (κ2) is 6.30. The van der Waals surface area contributed by atoms with E-state index in [9.17, 15) is 9.59 Å². The molecular formula is C18H30N2O2S. The maximum atomic E-state index is 12.9. The van der Waals surface area contributed by atoms with Crippen LogP contribution in [0.2, 0.25) is 0 Å². The minimum Gasteiger partial charge on any atom is -0.342 e. The van der Waals surface area contributed by atoms with Crippen LogP contribution in [0.4, 0.5) is 0 Å². The summed E-state index contributed by atoms with van der Waals surface area (Å²) < 4.78 is 0. The van der Waals surface area contributed by atoms with Gasteiger partial charge < -0.3 is 9.80 Å². The highest BCUT2D eigenvalue weighted by atomic mass is 32.2. The molecule has 0 aromatic heterocycles. The third-order valence-corrected chi connectivity index (χ3v) is 7.17. The summed E-state index contributed by atoms with van der Waals surface area (Å²) in [5.41, 5.74) is -0.313. The Hall–Kier alpha value is -0.710. The summed E-state index contributed by atoms with van der Waals surface area (Å²) in [6, 6.07) is 0. The number of likely N-dealkylation sites (tertiary alicyclic amines) is 1. The number of rotatable bonds is 1. The Morgan fingerprint density at radius 3 is 2.22 bits per heavy atom. The first kappa shape index (κ1) is 17.1. The maximum Gasteiger partial charge on any atom is 0.227 e. The topological polar surface area (TPSA) is 40.6 Å². The molecule has 3 aliphatic rings. The molecule has 1 spiro atoms. The SMILES string of the molecule is CC(C)(C)C(=O)N1CCC2(CC1)SCCN2C(=O)C1CCCC1. The molecule has 1 aliphatic carbocycles. The molecule has 0 aromatic rings. The minimum atomic E-state index is -0.313. The Morgan fingerprint density at radius 2 is 1.65 bits per heavy atom. The Bertz CT molecular complexity index is 472. The van der Waals surface area contributed by atoms with Gasteiger partial charge in [-0.15, -0.1) is 11.8 Å². The predicted octanol–water partition coefficient (Wildman–Crippen LogP) is 3.12. The van der Waals surface area contributed by atoms with Crippen molar-refractivity contribution in [3.8, 4) is 0 Å². The zero-order chi connectivity index (χ0) is 16.7. The van der Waals surface area contributed by atoms with E-state index in [-0.39, 0.29) is 22.1 Å². The van der Waals surface area contributed by atoms with Gasteiger partial charge in [-0.05, 0) is 25.7 Å². The second-order valence-electron chi connectivity index (χ2n) is 8.31. The van der Waals surface area contributed by atoms with Crippen LogP contribution in [0.3, 0.4) is 0 Å². The van der Waals surface area contributed by atoms with E-state index < -0.39 is 0 Å². The van der Waals surface area contributed by atoms with E-state index in [1.807, 2.05) is 37.4 Å². The lowest BCUT2D eigenvalue weighted by atomic mass is 9.92. The molecule has 0 radical (unpaired) electrons. The van der Waals surface area contributed by atoms with E-state index in [4.69, 9.17) is 0 Å². The molecule has 5 heteroatoms. The first-order valence-electron chi connectivity index (χ1n) is 9.08. The standard InChI is InChI=1S/C18H30N2O2S/c1-17(2,3)16(22)19-10-8-18(9-11-19)20(12-13-23-18)15(21)14-6-4-5-7-14/h14H,4-13H2,1-3H3. The Kier molecular flexibility index (Phi) is 4.69. The second-order valence-corrected chi connectivity index (χ2v) is 9.76. The van der Waals surface area contributed by atoms with Crippen molar-refractivity contribution in [2.75, 3.05) is 25.4 Å². The largest absolute Gasteiger partial charge is 0.342 e.